The van der Waals surface area contributed by atoms with Crippen molar-refractivity contribution in [3.05, 3.63) is 34.6 Å². The molecule has 1 aromatic rings. The summed E-state index contributed by atoms with van der Waals surface area (Å²) in [6.45, 7) is -0.349. The quantitative estimate of drug-likeness (QED) is 0.930. The Morgan fingerprint density at radius 3 is 2.55 bits per heavy atom. The topological polar surface area (TPSA) is 57.6 Å². The van der Waals surface area contributed by atoms with Gasteiger partial charge >= 0.3 is 5.97 Å². The minimum Gasteiger partial charge on any atom is -0.480 e. The number of benzene rings is 1. The molecular formula is C14H15ClFNO3. The first kappa shape index (κ1) is 14.8. The van der Waals surface area contributed by atoms with Crippen molar-refractivity contribution in [1.29, 1.82) is 0 Å². The number of nitrogens with zero attached hydrogens (tertiary/aromatic N) is 1. The van der Waals surface area contributed by atoms with Gasteiger partial charge in [-0.25, -0.2) is 4.39 Å². The molecule has 0 spiro atoms. The molecule has 1 saturated carbocycles. The molecule has 0 saturated heterocycles. The average molecular weight is 300 g/mol. The van der Waals surface area contributed by atoms with Crippen LogP contribution < -0.4 is 0 Å². The summed E-state index contributed by atoms with van der Waals surface area (Å²) in [5.74, 6) is -2.08. The fraction of sp³-hybridized carbons (Fsp3) is 0.429. The molecule has 4 nitrogen and oxygen atoms in total. The lowest BCUT2D eigenvalue weighted by Crippen LogP contribution is -2.42. The van der Waals surface area contributed by atoms with Crippen LogP contribution in [0.5, 0.6) is 0 Å². The summed E-state index contributed by atoms with van der Waals surface area (Å²) in [5, 5.41) is 8.82. The number of amides is 1. The number of aliphatic carboxylic acids is 1. The summed E-state index contributed by atoms with van der Waals surface area (Å²) in [5.41, 5.74) is 0.213. The fourth-order valence-corrected chi connectivity index (χ4v) is 2.70. The van der Waals surface area contributed by atoms with E-state index < -0.39 is 17.7 Å². The highest BCUT2D eigenvalue weighted by Gasteiger charge is 2.29. The lowest BCUT2D eigenvalue weighted by molar-refractivity contribution is -0.138. The van der Waals surface area contributed by atoms with Gasteiger partial charge in [0.2, 0.25) is 0 Å². The predicted molar refractivity (Wildman–Crippen MR) is 72.3 cm³/mol. The van der Waals surface area contributed by atoms with Gasteiger partial charge in [0.05, 0.1) is 5.02 Å². The molecule has 0 aliphatic heterocycles. The third-order valence-corrected chi connectivity index (χ3v) is 3.79. The van der Waals surface area contributed by atoms with Gasteiger partial charge < -0.3 is 10.0 Å². The van der Waals surface area contributed by atoms with Crippen molar-refractivity contribution in [2.45, 2.75) is 31.7 Å². The van der Waals surface area contributed by atoms with Crippen molar-refractivity contribution in [3.63, 3.8) is 0 Å². The van der Waals surface area contributed by atoms with E-state index in [0.29, 0.717) is 0 Å². The van der Waals surface area contributed by atoms with E-state index in [0.717, 1.165) is 31.7 Å². The first-order valence-electron chi connectivity index (χ1n) is 6.47. The van der Waals surface area contributed by atoms with Gasteiger partial charge in [-0.15, -0.1) is 0 Å². The van der Waals surface area contributed by atoms with E-state index in [1.165, 1.54) is 17.0 Å². The highest BCUT2D eigenvalue weighted by Crippen LogP contribution is 2.25. The van der Waals surface area contributed by atoms with Crippen LogP contribution >= 0.6 is 11.6 Å². The van der Waals surface area contributed by atoms with Gasteiger partial charge in [0.15, 0.2) is 0 Å². The lowest BCUT2D eigenvalue weighted by atomic mass is 10.1. The number of halogens is 2. The molecule has 6 heteroatoms. The van der Waals surface area contributed by atoms with Gasteiger partial charge in [-0.05, 0) is 31.0 Å². The first-order valence-corrected chi connectivity index (χ1v) is 6.84. The number of rotatable bonds is 4. The molecule has 1 aliphatic rings. The molecule has 108 valence electrons. The smallest absolute Gasteiger partial charge is 0.323 e. The standard InChI is InChI=1S/C14H15ClFNO3/c15-11-7-9(5-6-12(11)16)14(20)17(8-13(18)19)10-3-1-2-4-10/h5-7,10H,1-4,8H2,(H,18,19). The van der Waals surface area contributed by atoms with Crippen molar-refractivity contribution in [2.24, 2.45) is 0 Å². The van der Waals surface area contributed by atoms with Crippen molar-refractivity contribution in [1.82, 2.24) is 4.90 Å². The van der Waals surface area contributed by atoms with Crippen molar-refractivity contribution >= 4 is 23.5 Å². The summed E-state index contributed by atoms with van der Waals surface area (Å²) in [7, 11) is 0. The van der Waals surface area contributed by atoms with E-state index in [-0.39, 0.29) is 23.2 Å². The largest absolute Gasteiger partial charge is 0.480 e. The molecule has 0 bridgehead atoms. The van der Waals surface area contributed by atoms with Crippen LogP contribution in [0.4, 0.5) is 4.39 Å². The third kappa shape index (κ3) is 3.28. The summed E-state index contributed by atoms with van der Waals surface area (Å²) in [6, 6.07) is 3.61. The molecule has 0 unspecified atom stereocenters. The lowest BCUT2D eigenvalue weighted by Gasteiger charge is -2.27. The predicted octanol–water partition coefficient (Wildman–Crippen LogP) is 2.95. The summed E-state index contributed by atoms with van der Waals surface area (Å²) in [6.07, 6.45) is 3.57. The zero-order chi connectivity index (χ0) is 14.7. The second-order valence-corrected chi connectivity index (χ2v) is 5.30. The summed E-state index contributed by atoms with van der Waals surface area (Å²) < 4.78 is 13.1. The molecular weight excluding hydrogens is 285 g/mol. The van der Waals surface area contributed by atoms with Gasteiger partial charge in [-0.2, -0.15) is 0 Å². The maximum atomic E-state index is 13.1. The van der Waals surface area contributed by atoms with Crippen LogP contribution in [0.3, 0.4) is 0 Å². The first-order chi connectivity index (χ1) is 9.49. The van der Waals surface area contributed by atoms with Crippen LogP contribution in [0.2, 0.25) is 5.02 Å². The molecule has 0 heterocycles. The van der Waals surface area contributed by atoms with Gasteiger partial charge in [0, 0.05) is 11.6 Å². The van der Waals surface area contributed by atoms with Crippen LogP contribution in [0.1, 0.15) is 36.0 Å². The van der Waals surface area contributed by atoms with Crippen molar-refractivity contribution < 1.29 is 19.1 Å². The SMILES string of the molecule is O=C(O)CN(C(=O)c1ccc(F)c(Cl)c1)C1CCCC1. The zero-order valence-electron chi connectivity index (χ0n) is 10.8. The Bertz CT molecular complexity index is 529. The highest BCUT2D eigenvalue weighted by molar-refractivity contribution is 6.31. The van der Waals surface area contributed by atoms with E-state index in [1.807, 2.05) is 0 Å². The number of carboxylic acids is 1. The van der Waals surface area contributed by atoms with Crippen molar-refractivity contribution in [2.75, 3.05) is 6.54 Å². The van der Waals surface area contributed by atoms with Crippen LogP contribution in [0, 0.1) is 5.82 Å². The van der Waals surface area contributed by atoms with E-state index in [2.05, 4.69) is 0 Å². The monoisotopic (exact) mass is 299 g/mol. The zero-order valence-corrected chi connectivity index (χ0v) is 11.6. The minimum atomic E-state index is -1.06. The number of carbonyl (C=O) groups is 2. The molecule has 1 fully saturated rings. The maximum absolute atomic E-state index is 13.1. The second-order valence-electron chi connectivity index (χ2n) is 4.89. The molecule has 1 N–H and O–H groups in total. The molecule has 2 rings (SSSR count). The molecule has 0 aromatic heterocycles. The fourth-order valence-electron chi connectivity index (χ4n) is 2.52. The molecule has 1 aromatic carbocycles. The van der Waals surface area contributed by atoms with E-state index in [9.17, 15) is 14.0 Å². The van der Waals surface area contributed by atoms with Crippen LogP contribution in [-0.2, 0) is 4.79 Å². The van der Waals surface area contributed by atoms with Crippen LogP contribution in [0.25, 0.3) is 0 Å². The third-order valence-electron chi connectivity index (χ3n) is 3.50. The summed E-state index contributed by atoms with van der Waals surface area (Å²) in [4.78, 5) is 24.7. The second kappa shape index (κ2) is 6.22. The highest BCUT2D eigenvalue weighted by atomic mass is 35.5. The van der Waals surface area contributed by atoms with Crippen LogP contribution in [-0.4, -0.2) is 34.5 Å². The Morgan fingerprint density at radius 1 is 1.35 bits per heavy atom. The Labute approximate surface area is 121 Å². The van der Waals surface area contributed by atoms with Gasteiger partial charge in [0.25, 0.3) is 5.91 Å². The molecule has 0 radical (unpaired) electrons. The number of carboxylic acid groups (broad SMARTS) is 1. The molecule has 0 atom stereocenters. The minimum absolute atomic E-state index is 0.0672. The Morgan fingerprint density at radius 2 is 2.00 bits per heavy atom. The number of hydrogen-bond acceptors (Lipinski definition) is 2. The van der Waals surface area contributed by atoms with Crippen LogP contribution in [0.15, 0.2) is 18.2 Å². The normalized spacial score (nSPS) is 15.3. The van der Waals surface area contributed by atoms with Crippen molar-refractivity contribution in [3.8, 4) is 0 Å². The van der Waals surface area contributed by atoms with Gasteiger partial charge in [-0.1, -0.05) is 24.4 Å². The summed E-state index contributed by atoms with van der Waals surface area (Å²) >= 11 is 5.67. The Hall–Kier alpha value is -1.62. The molecule has 1 aliphatic carbocycles. The Balaban J connectivity index is 2.24. The van der Waals surface area contributed by atoms with E-state index >= 15 is 0 Å². The van der Waals surface area contributed by atoms with Gasteiger partial charge in [0.1, 0.15) is 12.4 Å². The number of hydrogen-bond donors (Lipinski definition) is 1. The van der Waals surface area contributed by atoms with E-state index in [1.54, 1.807) is 0 Å². The van der Waals surface area contributed by atoms with Gasteiger partial charge in [-0.3, -0.25) is 9.59 Å². The molecule has 1 amide bonds. The average Bonchev–Trinajstić information content (AvgIpc) is 2.92. The maximum Gasteiger partial charge on any atom is 0.323 e. The number of carbonyl (C=O) groups excluding carboxylic acids is 1. The Kier molecular flexibility index (Phi) is 4.60. The molecule has 20 heavy (non-hydrogen) atoms. The van der Waals surface area contributed by atoms with E-state index in [4.69, 9.17) is 16.7 Å².